The minimum Gasteiger partial charge on any atom is -0.387 e. The molecule has 0 aliphatic rings. The summed E-state index contributed by atoms with van der Waals surface area (Å²) in [5.74, 6) is -2.07. The van der Waals surface area contributed by atoms with E-state index in [2.05, 4.69) is 10.6 Å². The lowest BCUT2D eigenvalue weighted by Gasteiger charge is -2.13. The molecule has 2 amide bonds. The Kier molecular flexibility index (Phi) is 6.25. The van der Waals surface area contributed by atoms with Crippen LogP contribution in [-0.4, -0.2) is 23.5 Å². The van der Waals surface area contributed by atoms with Crippen LogP contribution in [0.4, 0.5) is 10.1 Å². The Morgan fingerprint density at radius 3 is 2.44 bits per heavy atom. The maximum atomic E-state index is 12.9. The van der Waals surface area contributed by atoms with Crippen LogP contribution in [0.2, 0.25) is 0 Å². The number of aryl methyl sites for hydroxylation is 2. The standard InChI is InChI=1S/C19H21FN2O3/c1-3-13-10-16(9-4-12(13)2)22-19(25)18(24)21-11-17(23)14-5-7-15(20)8-6-14/h4-10,17,23H,3,11H2,1-2H3,(H,21,24)(H,22,25). The number of amides is 2. The molecule has 5 nitrogen and oxygen atoms in total. The molecule has 0 radical (unpaired) electrons. The highest BCUT2D eigenvalue weighted by atomic mass is 19.1. The summed E-state index contributed by atoms with van der Waals surface area (Å²) in [6.45, 7) is 3.84. The molecule has 2 aromatic carbocycles. The summed E-state index contributed by atoms with van der Waals surface area (Å²) < 4.78 is 12.9. The summed E-state index contributed by atoms with van der Waals surface area (Å²) in [6, 6.07) is 10.7. The van der Waals surface area contributed by atoms with E-state index in [1.54, 1.807) is 6.07 Å². The van der Waals surface area contributed by atoms with E-state index < -0.39 is 23.7 Å². The summed E-state index contributed by atoms with van der Waals surface area (Å²) in [5.41, 5.74) is 3.20. The molecule has 6 heteroatoms. The molecule has 2 rings (SSSR count). The molecule has 0 heterocycles. The van der Waals surface area contributed by atoms with Crippen LogP contribution in [0.3, 0.4) is 0 Å². The highest BCUT2D eigenvalue weighted by Gasteiger charge is 2.16. The van der Waals surface area contributed by atoms with Crippen LogP contribution in [-0.2, 0) is 16.0 Å². The third-order valence-corrected chi connectivity index (χ3v) is 3.90. The highest BCUT2D eigenvalue weighted by molar-refractivity contribution is 6.39. The fraction of sp³-hybridized carbons (Fsp3) is 0.263. The average molecular weight is 344 g/mol. The Morgan fingerprint density at radius 1 is 1.12 bits per heavy atom. The number of hydrogen-bond acceptors (Lipinski definition) is 3. The van der Waals surface area contributed by atoms with E-state index >= 15 is 0 Å². The van der Waals surface area contributed by atoms with Crippen molar-refractivity contribution in [3.8, 4) is 0 Å². The Labute approximate surface area is 145 Å². The van der Waals surface area contributed by atoms with Crippen molar-refractivity contribution in [3.05, 3.63) is 65.0 Å². The van der Waals surface area contributed by atoms with Crippen LogP contribution in [0.25, 0.3) is 0 Å². The molecule has 0 aromatic heterocycles. The molecule has 0 saturated heterocycles. The summed E-state index contributed by atoms with van der Waals surface area (Å²) in [4.78, 5) is 23.8. The highest BCUT2D eigenvalue weighted by Crippen LogP contribution is 2.16. The van der Waals surface area contributed by atoms with Gasteiger partial charge in [-0.2, -0.15) is 0 Å². The summed E-state index contributed by atoms with van der Waals surface area (Å²) in [7, 11) is 0. The smallest absolute Gasteiger partial charge is 0.313 e. The minimum atomic E-state index is -1.02. The molecule has 0 bridgehead atoms. The molecule has 0 spiro atoms. The van der Waals surface area contributed by atoms with E-state index in [1.807, 2.05) is 26.0 Å². The van der Waals surface area contributed by atoms with Crippen molar-refractivity contribution in [2.45, 2.75) is 26.4 Å². The molecule has 1 atom stereocenters. The lowest BCUT2D eigenvalue weighted by molar-refractivity contribution is -0.136. The van der Waals surface area contributed by atoms with Gasteiger partial charge in [0.15, 0.2) is 0 Å². The molecule has 0 aliphatic heterocycles. The zero-order chi connectivity index (χ0) is 18.4. The largest absolute Gasteiger partial charge is 0.387 e. The van der Waals surface area contributed by atoms with Crippen LogP contribution >= 0.6 is 0 Å². The van der Waals surface area contributed by atoms with E-state index in [-0.39, 0.29) is 6.54 Å². The number of anilines is 1. The van der Waals surface area contributed by atoms with Gasteiger partial charge in [0.25, 0.3) is 0 Å². The summed E-state index contributed by atoms with van der Waals surface area (Å²) >= 11 is 0. The Balaban J connectivity index is 1.89. The van der Waals surface area contributed by atoms with Gasteiger partial charge in [-0.25, -0.2) is 4.39 Å². The molecule has 2 aromatic rings. The van der Waals surface area contributed by atoms with Gasteiger partial charge >= 0.3 is 11.8 Å². The first-order chi connectivity index (χ1) is 11.9. The van der Waals surface area contributed by atoms with Gasteiger partial charge in [0.1, 0.15) is 5.82 Å². The zero-order valence-electron chi connectivity index (χ0n) is 14.2. The Hall–Kier alpha value is -2.73. The first-order valence-corrected chi connectivity index (χ1v) is 8.03. The molecule has 132 valence electrons. The lowest BCUT2D eigenvalue weighted by Crippen LogP contribution is -2.37. The lowest BCUT2D eigenvalue weighted by atomic mass is 10.1. The van der Waals surface area contributed by atoms with E-state index in [9.17, 15) is 19.1 Å². The van der Waals surface area contributed by atoms with E-state index in [0.717, 1.165) is 17.5 Å². The Morgan fingerprint density at radius 2 is 1.80 bits per heavy atom. The molecule has 3 N–H and O–H groups in total. The van der Waals surface area contributed by atoms with Crippen molar-refractivity contribution in [2.75, 3.05) is 11.9 Å². The fourth-order valence-electron chi connectivity index (χ4n) is 2.39. The molecule has 1 unspecified atom stereocenters. The number of aliphatic hydroxyl groups excluding tert-OH is 1. The van der Waals surface area contributed by atoms with Crippen molar-refractivity contribution in [1.82, 2.24) is 5.32 Å². The van der Waals surface area contributed by atoms with Gasteiger partial charge in [-0.05, 0) is 54.3 Å². The van der Waals surface area contributed by atoms with Crippen LogP contribution in [0.1, 0.15) is 29.7 Å². The number of carbonyl (C=O) groups excluding carboxylic acids is 2. The second-order valence-corrected chi connectivity index (χ2v) is 5.73. The van der Waals surface area contributed by atoms with Gasteiger partial charge in [-0.1, -0.05) is 25.1 Å². The number of carbonyl (C=O) groups is 2. The molecule has 0 aliphatic carbocycles. The maximum Gasteiger partial charge on any atom is 0.313 e. The van der Waals surface area contributed by atoms with Crippen molar-refractivity contribution in [1.29, 1.82) is 0 Å². The summed E-state index contributed by atoms with van der Waals surface area (Å²) in [5, 5.41) is 14.9. The van der Waals surface area contributed by atoms with Crippen molar-refractivity contribution in [2.24, 2.45) is 0 Å². The monoisotopic (exact) mass is 344 g/mol. The third-order valence-electron chi connectivity index (χ3n) is 3.90. The van der Waals surface area contributed by atoms with Gasteiger partial charge in [0.05, 0.1) is 6.10 Å². The Bertz CT molecular complexity index is 760. The van der Waals surface area contributed by atoms with Crippen LogP contribution in [0.15, 0.2) is 42.5 Å². The van der Waals surface area contributed by atoms with Crippen molar-refractivity contribution >= 4 is 17.5 Å². The van der Waals surface area contributed by atoms with Crippen molar-refractivity contribution < 1.29 is 19.1 Å². The normalized spacial score (nSPS) is 11.7. The van der Waals surface area contributed by atoms with Crippen LogP contribution in [0.5, 0.6) is 0 Å². The maximum absolute atomic E-state index is 12.9. The van der Waals surface area contributed by atoms with E-state index in [0.29, 0.717) is 11.3 Å². The predicted octanol–water partition coefficient (Wildman–Crippen LogP) is 2.48. The second kappa shape index (κ2) is 8.39. The van der Waals surface area contributed by atoms with Gasteiger partial charge in [-0.15, -0.1) is 0 Å². The molecule has 0 saturated carbocycles. The number of halogens is 1. The topological polar surface area (TPSA) is 78.4 Å². The zero-order valence-corrected chi connectivity index (χ0v) is 14.2. The minimum absolute atomic E-state index is 0.147. The predicted molar refractivity (Wildman–Crippen MR) is 93.6 cm³/mol. The van der Waals surface area contributed by atoms with Crippen LogP contribution < -0.4 is 10.6 Å². The van der Waals surface area contributed by atoms with E-state index in [4.69, 9.17) is 0 Å². The van der Waals surface area contributed by atoms with Gasteiger partial charge in [0.2, 0.25) is 0 Å². The number of benzene rings is 2. The molecule has 25 heavy (non-hydrogen) atoms. The van der Waals surface area contributed by atoms with E-state index in [1.165, 1.54) is 24.3 Å². The number of aliphatic hydroxyl groups is 1. The average Bonchev–Trinajstić information content (AvgIpc) is 2.61. The summed E-state index contributed by atoms with van der Waals surface area (Å²) in [6.07, 6.45) is -0.200. The van der Waals surface area contributed by atoms with Gasteiger partial charge in [0, 0.05) is 12.2 Å². The number of nitrogens with one attached hydrogen (secondary N) is 2. The van der Waals surface area contributed by atoms with Crippen molar-refractivity contribution in [3.63, 3.8) is 0 Å². The number of rotatable bonds is 5. The first-order valence-electron chi connectivity index (χ1n) is 8.03. The van der Waals surface area contributed by atoms with Gasteiger partial charge < -0.3 is 15.7 Å². The second-order valence-electron chi connectivity index (χ2n) is 5.73. The quantitative estimate of drug-likeness (QED) is 0.729. The molecular formula is C19H21FN2O3. The van der Waals surface area contributed by atoms with Gasteiger partial charge in [-0.3, -0.25) is 9.59 Å². The number of hydrogen-bond donors (Lipinski definition) is 3. The fourth-order valence-corrected chi connectivity index (χ4v) is 2.39. The molecule has 0 fully saturated rings. The first kappa shape index (κ1) is 18.6. The SMILES string of the molecule is CCc1cc(NC(=O)C(=O)NCC(O)c2ccc(F)cc2)ccc1C. The van der Waals surface area contributed by atoms with Crippen LogP contribution in [0, 0.1) is 12.7 Å². The third kappa shape index (κ3) is 5.12. The molecular weight excluding hydrogens is 323 g/mol.